The van der Waals surface area contributed by atoms with Crippen molar-refractivity contribution in [3.63, 3.8) is 0 Å². The highest BCUT2D eigenvalue weighted by Crippen LogP contribution is 2.29. The lowest BCUT2D eigenvalue weighted by atomic mass is 9.97. The zero-order valence-electron chi connectivity index (χ0n) is 14.1. The molecule has 1 fully saturated rings. The van der Waals surface area contributed by atoms with Crippen LogP contribution in [0.2, 0.25) is 0 Å². The van der Waals surface area contributed by atoms with Crippen molar-refractivity contribution < 1.29 is 13.2 Å². The van der Waals surface area contributed by atoms with E-state index in [4.69, 9.17) is 4.42 Å². The Morgan fingerprint density at radius 3 is 2.88 bits per heavy atom. The number of halogens is 2. The molecule has 0 N–H and O–H groups in total. The van der Waals surface area contributed by atoms with E-state index < -0.39 is 11.6 Å². The largest absolute Gasteiger partial charge is 0.419 e. The van der Waals surface area contributed by atoms with Crippen molar-refractivity contribution in [2.24, 2.45) is 0 Å². The van der Waals surface area contributed by atoms with E-state index in [1.165, 1.54) is 6.07 Å². The standard InChI is InChI=1S/C19H18F2N4O/c20-15-7-3-5-13(17(15)21)11-25-10-4-6-14(12-25)18-23-24-19(26-18)16-8-1-2-9-22-16/h1-3,5,7-9,14H,4,6,10-12H2/t14-/m1/s1. The van der Waals surface area contributed by atoms with Crippen molar-refractivity contribution >= 4 is 0 Å². The summed E-state index contributed by atoms with van der Waals surface area (Å²) in [5.74, 6) is -0.549. The molecule has 1 aliphatic heterocycles. The summed E-state index contributed by atoms with van der Waals surface area (Å²) in [6.07, 6.45) is 3.53. The van der Waals surface area contributed by atoms with Crippen molar-refractivity contribution in [3.8, 4) is 11.6 Å². The minimum absolute atomic E-state index is 0.0744. The minimum atomic E-state index is -0.812. The van der Waals surface area contributed by atoms with Crippen LogP contribution in [0.3, 0.4) is 0 Å². The highest BCUT2D eigenvalue weighted by Gasteiger charge is 2.27. The number of benzene rings is 1. The number of nitrogens with zero attached hydrogens (tertiary/aromatic N) is 4. The summed E-state index contributed by atoms with van der Waals surface area (Å²) in [6.45, 7) is 1.86. The topological polar surface area (TPSA) is 55.1 Å². The number of rotatable bonds is 4. The maximum atomic E-state index is 13.9. The van der Waals surface area contributed by atoms with Crippen LogP contribution in [0.5, 0.6) is 0 Å². The number of hydrogen-bond acceptors (Lipinski definition) is 5. The molecule has 1 saturated heterocycles. The maximum Gasteiger partial charge on any atom is 0.266 e. The molecule has 2 aromatic heterocycles. The number of aromatic nitrogens is 3. The van der Waals surface area contributed by atoms with Gasteiger partial charge in [0.05, 0.1) is 5.92 Å². The van der Waals surface area contributed by atoms with E-state index in [1.807, 2.05) is 18.2 Å². The Morgan fingerprint density at radius 1 is 1.12 bits per heavy atom. The summed E-state index contributed by atoms with van der Waals surface area (Å²) < 4.78 is 33.1. The summed E-state index contributed by atoms with van der Waals surface area (Å²) in [4.78, 5) is 6.31. The molecule has 0 aliphatic carbocycles. The van der Waals surface area contributed by atoms with Gasteiger partial charge in [0.1, 0.15) is 5.69 Å². The van der Waals surface area contributed by atoms with Gasteiger partial charge >= 0.3 is 0 Å². The van der Waals surface area contributed by atoms with Crippen molar-refractivity contribution in [2.75, 3.05) is 13.1 Å². The smallest absolute Gasteiger partial charge is 0.266 e. The van der Waals surface area contributed by atoms with E-state index in [2.05, 4.69) is 20.1 Å². The van der Waals surface area contributed by atoms with E-state index in [0.717, 1.165) is 25.5 Å². The van der Waals surface area contributed by atoms with E-state index in [-0.39, 0.29) is 5.92 Å². The van der Waals surface area contributed by atoms with Gasteiger partial charge in [-0.1, -0.05) is 18.2 Å². The lowest BCUT2D eigenvalue weighted by molar-refractivity contribution is 0.184. The second-order valence-electron chi connectivity index (χ2n) is 6.45. The SMILES string of the molecule is Fc1cccc(CN2CCC[C@@H](c3nnc(-c4ccccn4)o3)C2)c1F. The summed E-state index contributed by atoms with van der Waals surface area (Å²) >= 11 is 0. The highest BCUT2D eigenvalue weighted by atomic mass is 19.2. The Balaban J connectivity index is 1.47. The van der Waals surface area contributed by atoms with Gasteiger partial charge in [0, 0.05) is 24.8 Å². The van der Waals surface area contributed by atoms with E-state index in [1.54, 1.807) is 12.3 Å². The summed E-state index contributed by atoms with van der Waals surface area (Å²) in [5, 5.41) is 8.26. The summed E-state index contributed by atoms with van der Waals surface area (Å²) in [7, 11) is 0. The zero-order chi connectivity index (χ0) is 17.9. The third kappa shape index (κ3) is 3.48. The third-order valence-corrected chi connectivity index (χ3v) is 4.60. The van der Waals surface area contributed by atoms with Crippen LogP contribution in [0.15, 0.2) is 47.0 Å². The maximum absolute atomic E-state index is 13.9. The first-order valence-electron chi connectivity index (χ1n) is 8.61. The van der Waals surface area contributed by atoms with Gasteiger partial charge in [-0.15, -0.1) is 10.2 Å². The molecule has 0 spiro atoms. The fraction of sp³-hybridized carbons (Fsp3) is 0.316. The molecular formula is C19H18F2N4O. The Labute approximate surface area is 149 Å². The fourth-order valence-corrected chi connectivity index (χ4v) is 3.30. The van der Waals surface area contributed by atoms with E-state index in [9.17, 15) is 8.78 Å². The predicted molar refractivity (Wildman–Crippen MR) is 91.1 cm³/mol. The molecule has 1 aliphatic rings. The normalized spacial score (nSPS) is 18.2. The summed E-state index contributed by atoms with van der Waals surface area (Å²) in [6, 6.07) is 9.79. The van der Waals surface area contributed by atoms with Crippen molar-refractivity contribution in [2.45, 2.75) is 25.3 Å². The van der Waals surface area contributed by atoms with Crippen LogP contribution >= 0.6 is 0 Å². The van der Waals surface area contributed by atoms with Crippen LogP contribution in [0, 0.1) is 11.6 Å². The van der Waals surface area contributed by atoms with E-state index >= 15 is 0 Å². The zero-order valence-corrected chi connectivity index (χ0v) is 14.1. The molecule has 3 heterocycles. The molecule has 1 atom stereocenters. The first kappa shape index (κ1) is 16.8. The average Bonchev–Trinajstić information content (AvgIpc) is 3.17. The van der Waals surface area contributed by atoms with Gasteiger partial charge in [-0.3, -0.25) is 9.88 Å². The van der Waals surface area contributed by atoms with E-state index in [0.29, 0.717) is 36.1 Å². The molecule has 0 bridgehead atoms. The predicted octanol–water partition coefficient (Wildman–Crippen LogP) is 3.79. The Hall–Kier alpha value is -2.67. The summed E-state index contributed by atoms with van der Waals surface area (Å²) in [5.41, 5.74) is 1.01. The van der Waals surface area contributed by atoms with Gasteiger partial charge in [0.25, 0.3) is 5.89 Å². The van der Waals surface area contributed by atoms with Crippen LogP contribution in [-0.4, -0.2) is 33.2 Å². The second kappa shape index (κ2) is 7.29. The highest BCUT2D eigenvalue weighted by molar-refractivity contribution is 5.45. The minimum Gasteiger partial charge on any atom is -0.419 e. The molecule has 0 saturated carbocycles. The third-order valence-electron chi connectivity index (χ3n) is 4.60. The Morgan fingerprint density at radius 2 is 2.04 bits per heavy atom. The number of hydrogen-bond donors (Lipinski definition) is 0. The fourth-order valence-electron chi connectivity index (χ4n) is 3.30. The van der Waals surface area contributed by atoms with Crippen molar-refractivity contribution in [1.82, 2.24) is 20.1 Å². The molecule has 1 aromatic carbocycles. The van der Waals surface area contributed by atoms with Crippen molar-refractivity contribution in [3.05, 3.63) is 65.7 Å². The van der Waals surface area contributed by atoms with Gasteiger partial charge in [-0.2, -0.15) is 0 Å². The molecule has 0 amide bonds. The van der Waals surface area contributed by atoms with Gasteiger partial charge in [-0.25, -0.2) is 8.78 Å². The van der Waals surface area contributed by atoms with Crippen LogP contribution in [0.4, 0.5) is 8.78 Å². The first-order chi connectivity index (χ1) is 12.7. The molecule has 0 unspecified atom stereocenters. The van der Waals surface area contributed by atoms with Gasteiger partial charge in [0.2, 0.25) is 5.89 Å². The van der Waals surface area contributed by atoms with Crippen molar-refractivity contribution in [1.29, 1.82) is 0 Å². The van der Waals surface area contributed by atoms with Crippen LogP contribution in [-0.2, 0) is 6.54 Å². The van der Waals surface area contributed by atoms with Gasteiger partial charge in [0.15, 0.2) is 11.6 Å². The van der Waals surface area contributed by atoms with Crippen LogP contribution in [0.25, 0.3) is 11.6 Å². The Bertz CT molecular complexity index is 884. The molecule has 7 heteroatoms. The molecule has 4 rings (SSSR count). The second-order valence-corrected chi connectivity index (χ2v) is 6.45. The lowest BCUT2D eigenvalue weighted by Crippen LogP contribution is -2.34. The molecule has 134 valence electrons. The lowest BCUT2D eigenvalue weighted by Gasteiger charge is -2.31. The quantitative estimate of drug-likeness (QED) is 0.712. The molecule has 0 radical (unpaired) electrons. The number of pyridine rings is 1. The molecule has 5 nitrogen and oxygen atoms in total. The monoisotopic (exact) mass is 356 g/mol. The molecular weight excluding hydrogens is 338 g/mol. The number of likely N-dealkylation sites (tertiary alicyclic amines) is 1. The Kier molecular flexibility index (Phi) is 4.71. The van der Waals surface area contributed by atoms with Gasteiger partial charge in [-0.05, 0) is 37.6 Å². The molecule has 3 aromatic rings. The first-order valence-corrected chi connectivity index (χ1v) is 8.61. The molecule has 26 heavy (non-hydrogen) atoms. The number of piperidine rings is 1. The van der Waals surface area contributed by atoms with Crippen LogP contribution in [0.1, 0.15) is 30.2 Å². The van der Waals surface area contributed by atoms with Crippen LogP contribution < -0.4 is 0 Å². The van der Waals surface area contributed by atoms with Gasteiger partial charge < -0.3 is 4.42 Å². The average molecular weight is 356 g/mol.